The Morgan fingerprint density at radius 2 is 2.42 bits per heavy atom. The Balaban J connectivity index is 3.04. The zero-order valence-corrected chi connectivity index (χ0v) is 6.87. The summed E-state index contributed by atoms with van der Waals surface area (Å²) in [6.07, 6.45) is 1.52. The van der Waals surface area contributed by atoms with Crippen molar-refractivity contribution in [2.24, 2.45) is 5.73 Å². The SMILES string of the molecule is Cc1cc([C@H](N)CO)c[nH]c1=O. The van der Waals surface area contributed by atoms with Crippen LogP contribution < -0.4 is 11.3 Å². The Hall–Kier alpha value is -1.13. The molecule has 66 valence electrons. The fraction of sp³-hybridized carbons (Fsp3) is 0.375. The van der Waals surface area contributed by atoms with Crippen LogP contribution in [0, 0.1) is 6.92 Å². The molecule has 1 atom stereocenters. The van der Waals surface area contributed by atoms with Crippen LogP contribution in [0.1, 0.15) is 17.2 Å². The number of rotatable bonds is 2. The van der Waals surface area contributed by atoms with Crippen LogP contribution in [0.15, 0.2) is 17.1 Å². The molecule has 0 spiro atoms. The Bertz CT molecular complexity index is 319. The number of aryl methyl sites for hydroxylation is 1. The van der Waals surface area contributed by atoms with Crippen molar-refractivity contribution in [3.63, 3.8) is 0 Å². The third kappa shape index (κ3) is 1.72. The van der Waals surface area contributed by atoms with Crippen LogP contribution in [0.25, 0.3) is 0 Å². The summed E-state index contributed by atoms with van der Waals surface area (Å²) in [5.74, 6) is 0. The van der Waals surface area contributed by atoms with Gasteiger partial charge in [0.2, 0.25) is 0 Å². The molecule has 0 saturated heterocycles. The summed E-state index contributed by atoms with van der Waals surface area (Å²) < 4.78 is 0. The molecule has 1 rings (SSSR count). The zero-order chi connectivity index (χ0) is 9.14. The quantitative estimate of drug-likeness (QED) is 0.566. The molecule has 0 fully saturated rings. The Morgan fingerprint density at radius 1 is 1.75 bits per heavy atom. The van der Waals surface area contributed by atoms with Gasteiger partial charge in [-0.3, -0.25) is 4.79 Å². The largest absolute Gasteiger partial charge is 0.394 e. The highest BCUT2D eigenvalue weighted by Crippen LogP contribution is 2.06. The van der Waals surface area contributed by atoms with Gasteiger partial charge in [-0.15, -0.1) is 0 Å². The average Bonchev–Trinajstić information content (AvgIpc) is 2.08. The average molecular weight is 168 g/mol. The first-order chi connectivity index (χ1) is 5.65. The van der Waals surface area contributed by atoms with E-state index in [1.165, 1.54) is 6.20 Å². The number of nitrogens with two attached hydrogens (primary N) is 1. The molecule has 0 radical (unpaired) electrons. The van der Waals surface area contributed by atoms with E-state index in [0.717, 1.165) is 5.56 Å². The maximum atomic E-state index is 10.9. The van der Waals surface area contributed by atoms with E-state index in [9.17, 15) is 4.79 Å². The molecular formula is C8H12N2O2. The summed E-state index contributed by atoms with van der Waals surface area (Å²) in [7, 11) is 0. The number of hydrogen-bond acceptors (Lipinski definition) is 3. The van der Waals surface area contributed by atoms with E-state index in [4.69, 9.17) is 10.8 Å². The zero-order valence-electron chi connectivity index (χ0n) is 6.87. The van der Waals surface area contributed by atoms with Gasteiger partial charge in [0, 0.05) is 11.8 Å². The number of aromatic amines is 1. The molecule has 1 aromatic rings. The lowest BCUT2D eigenvalue weighted by Crippen LogP contribution is -2.18. The van der Waals surface area contributed by atoms with Gasteiger partial charge in [-0.2, -0.15) is 0 Å². The van der Waals surface area contributed by atoms with E-state index in [1.54, 1.807) is 13.0 Å². The summed E-state index contributed by atoms with van der Waals surface area (Å²) in [5.41, 5.74) is 6.77. The minimum absolute atomic E-state index is 0.120. The normalized spacial score (nSPS) is 12.9. The highest BCUT2D eigenvalue weighted by molar-refractivity contribution is 5.19. The van der Waals surface area contributed by atoms with Gasteiger partial charge in [0.25, 0.3) is 5.56 Å². The molecular weight excluding hydrogens is 156 g/mol. The lowest BCUT2D eigenvalue weighted by atomic mass is 10.1. The number of nitrogens with one attached hydrogen (secondary N) is 1. The molecule has 0 aromatic carbocycles. The second kappa shape index (κ2) is 3.51. The van der Waals surface area contributed by atoms with Crippen LogP contribution in [0.3, 0.4) is 0 Å². The van der Waals surface area contributed by atoms with Crippen molar-refractivity contribution < 1.29 is 5.11 Å². The maximum Gasteiger partial charge on any atom is 0.250 e. The fourth-order valence-electron chi connectivity index (χ4n) is 0.939. The molecule has 4 N–H and O–H groups in total. The molecule has 0 aliphatic rings. The minimum atomic E-state index is -0.416. The molecule has 1 heterocycles. The predicted octanol–water partition coefficient (Wildman–Crippen LogP) is -0.325. The number of hydrogen-bond donors (Lipinski definition) is 3. The number of H-pyrrole nitrogens is 1. The van der Waals surface area contributed by atoms with Gasteiger partial charge in [-0.25, -0.2) is 0 Å². The predicted molar refractivity (Wildman–Crippen MR) is 45.8 cm³/mol. The van der Waals surface area contributed by atoms with Crippen LogP contribution in [-0.4, -0.2) is 16.7 Å². The second-order valence-corrected chi connectivity index (χ2v) is 2.73. The lowest BCUT2D eigenvalue weighted by Gasteiger charge is -2.07. The van der Waals surface area contributed by atoms with Crippen molar-refractivity contribution in [3.05, 3.63) is 33.7 Å². The first-order valence-electron chi connectivity index (χ1n) is 3.71. The number of aliphatic hydroxyl groups is 1. The summed E-state index contributed by atoms with van der Waals surface area (Å²) in [5, 5.41) is 8.73. The highest BCUT2D eigenvalue weighted by atomic mass is 16.3. The van der Waals surface area contributed by atoms with E-state index in [2.05, 4.69) is 4.98 Å². The lowest BCUT2D eigenvalue weighted by molar-refractivity contribution is 0.267. The molecule has 1 aromatic heterocycles. The molecule has 0 unspecified atom stereocenters. The number of aliphatic hydroxyl groups excluding tert-OH is 1. The maximum absolute atomic E-state index is 10.9. The van der Waals surface area contributed by atoms with Gasteiger partial charge in [0.1, 0.15) is 0 Å². The summed E-state index contributed by atoms with van der Waals surface area (Å²) >= 11 is 0. The summed E-state index contributed by atoms with van der Waals surface area (Å²) in [6, 6.07) is 1.26. The van der Waals surface area contributed by atoms with Crippen LogP contribution in [0.5, 0.6) is 0 Å². The highest BCUT2D eigenvalue weighted by Gasteiger charge is 2.04. The van der Waals surface area contributed by atoms with E-state index in [0.29, 0.717) is 5.56 Å². The topological polar surface area (TPSA) is 79.1 Å². The molecule has 12 heavy (non-hydrogen) atoms. The van der Waals surface area contributed by atoms with Crippen molar-refractivity contribution in [1.29, 1.82) is 0 Å². The van der Waals surface area contributed by atoms with Gasteiger partial charge in [-0.05, 0) is 18.6 Å². The van der Waals surface area contributed by atoms with Crippen LogP contribution in [-0.2, 0) is 0 Å². The van der Waals surface area contributed by atoms with Gasteiger partial charge in [-0.1, -0.05) is 0 Å². The van der Waals surface area contributed by atoms with Crippen molar-refractivity contribution in [2.75, 3.05) is 6.61 Å². The molecule has 0 aliphatic carbocycles. The fourth-order valence-corrected chi connectivity index (χ4v) is 0.939. The van der Waals surface area contributed by atoms with Gasteiger partial charge in [0.05, 0.1) is 12.6 Å². The monoisotopic (exact) mass is 168 g/mol. The van der Waals surface area contributed by atoms with Crippen molar-refractivity contribution in [2.45, 2.75) is 13.0 Å². The molecule has 0 bridgehead atoms. The van der Waals surface area contributed by atoms with E-state index < -0.39 is 6.04 Å². The summed E-state index contributed by atoms with van der Waals surface area (Å²) in [6.45, 7) is 1.58. The molecule has 0 saturated carbocycles. The standard InChI is InChI=1S/C8H12N2O2/c1-5-2-6(7(9)4-11)3-10-8(5)12/h2-3,7,11H,4,9H2,1H3,(H,10,12)/t7-/m1/s1. The smallest absolute Gasteiger partial charge is 0.250 e. The van der Waals surface area contributed by atoms with Crippen LogP contribution >= 0.6 is 0 Å². The molecule has 4 heteroatoms. The van der Waals surface area contributed by atoms with Crippen LogP contribution in [0.2, 0.25) is 0 Å². The van der Waals surface area contributed by atoms with Crippen LogP contribution in [0.4, 0.5) is 0 Å². The number of pyridine rings is 1. The number of aromatic nitrogens is 1. The third-order valence-corrected chi connectivity index (χ3v) is 1.74. The Kier molecular flexibility index (Phi) is 2.62. The minimum Gasteiger partial charge on any atom is -0.394 e. The van der Waals surface area contributed by atoms with Crippen molar-refractivity contribution in [1.82, 2.24) is 4.98 Å². The van der Waals surface area contributed by atoms with Crippen molar-refractivity contribution >= 4 is 0 Å². The van der Waals surface area contributed by atoms with E-state index >= 15 is 0 Å². The molecule has 0 aliphatic heterocycles. The third-order valence-electron chi connectivity index (χ3n) is 1.74. The van der Waals surface area contributed by atoms with E-state index in [1.807, 2.05) is 0 Å². The van der Waals surface area contributed by atoms with Crippen molar-refractivity contribution in [3.8, 4) is 0 Å². The van der Waals surface area contributed by atoms with E-state index in [-0.39, 0.29) is 12.2 Å². The summed E-state index contributed by atoms with van der Waals surface area (Å²) in [4.78, 5) is 13.5. The Morgan fingerprint density at radius 3 is 2.92 bits per heavy atom. The Labute approximate surface area is 70.0 Å². The molecule has 4 nitrogen and oxygen atoms in total. The molecule has 0 amide bonds. The first kappa shape index (κ1) is 8.96. The van der Waals surface area contributed by atoms with Gasteiger partial charge < -0.3 is 15.8 Å². The first-order valence-corrected chi connectivity index (χ1v) is 3.71. The second-order valence-electron chi connectivity index (χ2n) is 2.73. The van der Waals surface area contributed by atoms with Gasteiger partial charge >= 0.3 is 0 Å². The van der Waals surface area contributed by atoms with Gasteiger partial charge in [0.15, 0.2) is 0 Å².